The average Bonchev–Trinajstić information content (AvgIpc) is 3.58. The van der Waals surface area contributed by atoms with Gasteiger partial charge in [-0.25, -0.2) is 15.0 Å². The van der Waals surface area contributed by atoms with Crippen LogP contribution in [0.3, 0.4) is 0 Å². The van der Waals surface area contributed by atoms with Crippen LogP contribution < -0.4 is 0 Å². The van der Waals surface area contributed by atoms with Crippen molar-refractivity contribution >= 4 is 43.5 Å². The van der Waals surface area contributed by atoms with Crippen LogP contribution in [0.1, 0.15) is 0 Å². The van der Waals surface area contributed by atoms with E-state index in [1.165, 1.54) is 11.1 Å². The second kappa shape index (κ2) is 11.9. The normalized spacial score (nSPS) is 11.5. The third-order valence-corrected chi connectivity index (χ3v) is 9.69. The molecule has 0 saturated carbocycles. The van der Waals surface area contributed by atoms with E-state index < -0.39 is 0 Å². The summed E-state index contributed by atoms with van der Waals surface area (Å²) in [6, 6.07) is 61.0. The molecule has 51 heavy (non-hydrogen) atoms. The maximum Gasteiger partial charge on any atom is 0.164 e. The van der Waals surface area contributed by atoms with Gasteiger partial charge in [-0.15, -0.1) is 0 Å². The lowest BCUT2D eigenvalue weighted by Gasteiger charge is -2.11. The number of rotatable bonds is 5. The Balaban J connectivity index is 1.19. The number of benzene rings is 8. The zero-order chi connectivity index (χ0) is 33.7. The predicted octanol–water partition coefficient (Wildman–Crippen LogP) is 12.4. The summed E-state index contributed by atoms with van der Waals surface area (Å²) in [4.78, 5) is 15.4. The molecule has 2 heterocycles. The molecule has 0 fully saturated rings. The van der Waals surface area contributed by atoms with Crippen molar-refractivity contribution in [2.45, 2.75) is 0 Å². The van der Waals surface area contributed by atoms with E-state index in [1.54, 1.807) is 0 Å². The van der Waals surface area contributed by atoms with Crippen LogP contribution in [0, 0.1) is 0 Å². The zero-order valence-electron chi connectivity index (χ0n) is 27.5. The zero-order valence-corrected chi connectivity index (χ0v) is 27.5. The molecule has 8 aromatic carbocycles. The Bertz CT molecular complexity index is 2900. The maximum absolute atomic E-state index is 6.76. The number of aromatic nitrogens is 3. The number of furan rings is 1. The summed E-state index contributed by atoms with van der Waals surface area (Å²) < 4.78 is 6.76. The second-order valence-electron chi connectivity index (χ2n) is 12.8. The number of nitrogens with zero attached hydrogens (tertiary/aromatic N) is 3. The van der Waals surface area contributed by atoms with Crippen LogP contribution in [0.25, 0.3) is 99.9 Å². The third-order valence-electron chi connectivity index (χ3n) is 9.69. The van der Waals surface area contributed by atoms with Crippen molar-refractivity contribution in [3.63, 3.8) is 0 Å². The Hall–Kier alpha value is -6.91. The van der Waals surface area contributed by atoms with Crippen molar-refractivity contribution in [1.29, 1.82) is 0 Å². The van der Waals surface area contributed by atoms with Crippen LogP contribution in [0.2, 0.25) is 0 Å². The van der Waals surface area contributed by atoms with Gasteiger partial charge in [-0.05, 0) is 62.5 Å². The fraction of sp³-hybridized carbons (Fsp3) is 0. The summed E-state index contributed by atoms with van der Waals surface area (Å²) in [5, 5.41) is 6.60. The smallest absolute Gasteiger partial charge is 0.164 e. The predicted molar refractivity (Wildman–Crippen MR) is 209 cm³/mol. The lowest BCUT2D eigenvalue weighted by molar-refractivity contribution is 0.670. The summed E-state index contributed by atoms with van der Waals surface area (Å²) in [7, 11) is 0. The van der Waals surface area contributed by atoms with E-state index in [0.717, 1.165) is 71.3 Å². The molecule has 0 spiro atoms. The first-order valence-electron chi connectivity index (χ1n) is 17.1. The highest BCUT2D eigenvalue weighted by molar-refractivity contribution is 6.21. The van der Waals surface area contributed by atoms with E-state index in [4.69, 9.17) is 19.4 Å². The Labute approximate surface area is 294 Å². The largest absolute Gasteiger partial charge is 0.455 e. The first-order chi connectivity index (χ1) is 25.3. The highest BCUT2D eigenvalue weighted by atomic mass is 16.3. The molecule has 0 radical (unpaired) electrons. The van der Waals surface area contributed by atoms with Gasteiger partial charge in [0, 0.05) is 33.0 Å². The molecule has 4 heteroatoms. The third kappa shape index (κ3) is 5.04. The Morgan fingerprint density at radius 3 is 1.69 bits per heavy atom. The minimum atomic E-state index is 0.598. The van der Waals surface area contributed by atoms with Crippen LogP contribution in [-0.2, 0) is 0 Å². The number of fused-ring (bicyclic) bond motifs is 5. The average molecular weight is 652 g/mol. The summed E-state index contributed by atoms with van der Waals surface area (Å²) in [6.45, 7) is 0. The van der Waals surface area contributed by atoms with E-state index in [0.29, 0.717) is 17.5 Å². The van der Waals surface area contributed by atoms with Gasteiger partial charge in [-0.1, -0.05) is 152 Å². The molecule has 0 saturated heterocycles. The standard InChI is InChI=1S/C47H29N3O/c1-4-13-30(14-5-1)33-23-24-35-28-37(26-25-34(35)27-33)46-48-45(32-17-8-3-9-18-32)49-47(50-46)39-21-12-22-41-43(39)40-29-36-19-10-11-20-38(36)42(44(40)51-41)31-15-6-2-7-16-31/h1-29H. The van der Waals surface area contributed by atoms with Crippen molar-refractivity contribution in [2.75, 3.05) is 0 Å². The SMILES string of the molecule is c1ccc(-c2ccc3cc(-c4nc(-c5ccccc5)nc(-c5cccc6oc7c(-c8ccccc8)c8ccccc8cc7c56)n4)ccc3c2)cc1. The van der Waals surface area contributed by atoms with Gasteiger partial charge in [0.2, 0.25) is 0 Å². The molecule has 10 aromatic rings. The monoisotopic (exact) mass is 651 g/mol. The molecule has 0 N–H and O–H groups in total. The van der Waals surface area contributed by atoms with Gasteiger partial charge in [0.15, 0.2) is 17.5 Å². The van der Waals surface area contributed by atoms with Crippen molar-refractivity contribution < 1.29 is 4.42 Å². The quantitative estimate of drug-likeness (QED) is 0.186. The van der Waals surface area contributed by atoms with Crippen molar-refractivity contribution in [1.82, 2.24) is 15.0 Å². The highest BCUT2D eigenvalue weighted by Crippen LogP contribution is 2.44. The van der Waals surface area contributed by atoms with Gasteiger partial charge in [-0.3, -0.25) is 0 Å². The molecule has 0 amide bonds. The van der Waals surface area contributed by atoms with Crippen molar-refractivity contribution in [3.8, 4) is 56.4 Å². The first-order valence-corrected chi connectivity index (χ1v) is 17.1. The molecule has 0 aliphatic carbocycles. The summed E-state index contributed by atoms with van der Waals surface area (Å²) >= 11 is 0. The molecular weight excluding hydrogens is 623 g/mol. The van der Waals surface area contributed by atoms with E-state index in [1.807, 2.05) is 54.6 Å². The first kappa shape index (κ1) is 29.0. The Morgan fingerprint density at radius 1 is 0.353 bits per heavy atom. The summed E-state index contributed by atoms with van der Waals surface area (Å²) in [5.74, 6) is 1.84. The summed E-state index contributed by atoms with van der Waals surface area (Å²) in [5.41, 5.74) is 8.97. The van der Waals surface area contributed by atoms with E-state index in [-0.39, 0.29) is 0 Å². The van der Waals surface area contributed by atoms with Crippen molar-refractivity contribution in [3.05, 3.63) is 176 Å². The van der Waals surface area contributed by atoms with Gasteiger partial charge in [0.1, 0.15) is 11.2 Å². The topological polar surface area (TPSA) is 51.8 Å². The minimum Gasteiger partial charge on any atom is -0.455 e. The lowest BCUT2D eigenvalue weighted by atomic mass is 9.94. The lowest BCUT2D eigenvalue weighted by Crippen LogP contribution is -2.00. The molecule has 0 bridgehead atoms. The molecular formula is C47H29N3O. The van der Waals surface area contributed by atoms with Crippen LogP contribution in [0.4, 0.5) is 0 Å². The van der Waals surface area contributed by atoms with Gasteiger partial charge in [0.05, 0.1) is 0 Å². The Morgan fingerprint density at radius 2 is 0.941 bits per heavy atom. The molecule has 4 nitrogen and oxygen atoms in total. The maximum atomic E-state index is 6.76. The number of hydrogen-bond acceptors (Lipinski definition) is 4. The van der Waals surface area contributed by atoms with E-state index in [9.17, 15) is 0 Å². The second-order valence-corrected chi connectivity index (χ2v) is 12.8. The van der Waals surface area contributed by atoms with Crippen LogP contribution in [-0.4, -0.2) is 15.0 Å². The molecule has 0 unspecified atom stereocenters. The van der Waals surface area contributed by atoms with E-state index in [2.05, 4.69) is 121 Å². The molecule has 238 valence electrons. The molecule has 0 atom stereocenters. The van der Waals surface area contributed by atoms with Gasteiger partial charge < -0.3 is 4.42 Å². The number of hydrogen-bond donors (Lipinski definition) is 0. The van der Waals surface area contributed by atoms with Crippen LogP contribution in [0.15, 0.2) is 180 Å². The minimum absolute atomic E-state index is 0.598. The Kier molecular flexibility index (Phi) is 6.78. The van der Waals surface area contributed by atoms with Gasteiger partial charge in [0.25, 0.3) is 0 Å². The highest BCUT2D eigenvalue weighted by Gasteiger charge is 2.21. The molecule has 2 aromatic heterocycles. The molecule has 10 rings (SSSR count). The van der Waals surface area contributed by atoms with Gasteiger partial charge in [-0.2, -0.15) is 0 Å². The van der Waals surface area contributed by atoms with Gasteiger partial charge >= 0.3 is 0 Å². The van der Waals surface area contributed by atoms with Crippen LogP contribution in [0.5, 0.6) is 0 Å². The van der Waals surface area contributed by atoms with Crippen LogP contribution >= 0.6 is 0 Å². The molecule has 0 aliphatic rings. The van der Waals surface area contributed by atoms with E-state index >= 15 is 0 Å². The fourth-order valence-electron chi connectivity index (χ4n) is 7.24. The summed E-state index contributed by atoms with van der Waals surface area (Å²) in [6.07, 6.45) is 0. The molecule has 0 aliphatic heterocycles. The van der Waals surface area contributed by atoms with Crippen molar-refractivity contribution in [2.24, 2.45) is 0 Å². The fourth-order valence-corrected chi connectivity index (χ4v) is 7.24.